The van der Waals surface area contributed by atoms with E-state index in [1.807, 2.05) is 36.4 Å². The zero-order valence-corrected chi connectivity index (χ0v) is 18.2. The van der Waals surface area contributed by atoms with Crippen LogP contribution in [-0.4, -0.2) is 33.9 Å². The first-order valence-corrected chi connectivity index (χ1v) is 11.6. The van der Waals surface area contributed by atoms with Gasteiger partial charge in [-0.15, -0.1) is 21.5 Å². The number of thiophene rings is 1. The van der Waals surface area contributed by atoms with E-state index in [9.17, 15) is 9.59 Å². The van der Waals surface area contributed by atoms with Crippen LogP contribution in [0.5, 0.6) is 0 Å². The summed E-state index contributed by atoms with van der Waals surface area (Å²) in [5, 5.41) is 18.8. The van der Waals surface area contributed by atoms with Crippen LogP contribution in [0.2, 0.25) is 0 Å². The van der Waals surface area contributed by atoms with E-state index in [0.29, 0.717) is 10.9 Å². The van der Waals surface area contributed by atoms with Gasteiger partial charge in [0.2, 0.25) is 11.0 Å². The average molecular weight is 448 g/mol. The number of carbonyl (C=O) groups excluding carboxylic acids is 2. The predicted octanol–water partition coefficient (Wildman–Crippen LogP) is 3.76. The number of thioether (sulfide) groups is 1. The van der Waals surface area contributed by atoms with E-state index in [1.165, 1.54) is 28.0 Å². The second-order valence-electron chi connectivity index (χ2n) is 6.05. The second kappa shape index (κ2) is 10.9. The maximum atomic E-state index is 12.2. The molecule has 3 N–H and O–H groups in total. The maximum Gasteiger partial charge on any atom is 0.321 e. The standard InChI is InChI=1S/C19H21N5O2S3/c1-13(16(25)22-17(26)21-12-14-6-3-2-4-7-14)28-19-24-23-18(29-19)20-10-9-15-8-5-11-27-15/h2-8,11,13H,9-10,12H2,1H3,(H,20,23)(H2,21,22,25,26). The molecule has 29 heavy (non-hydrogen) atoms. The molecular weight excluding hydrogens is 426 g/mol. The molecule has 3 rings (SSSR count). The van der Waals surface area contributed by atoms with Gasteiger partial charge in [-0.25, -0.2) is 4.79 Å². The van der Waals surface area contributed by atoms with Crippen molar-refractivity contribution in [2.75, 3.05) is 11.9 Å². The maximum absolute atomic E-state index is 12.2. The van der Waals surface area contributed by atoms with Crippen molar-refractivity contribution < 1.29 is 9.59 Å². The van der Waals surface area contributed by atoms with E-state index in [1.54, 1.807) is 18.3 Å². The van der Waals surface area contributed by atoms with Crippen LogP contribution in [0.4, 0.5) is 9.93 Å². The van der Waals surface area contributed by atoms with Crippen LogP contribution in [-0.2, 0) is 17.8 Å². The van der Waals surface area contributed by atoms with Crippen LogP contribution in [0.25, 0.3) is 0 Å². The fourth-order valence-corrected chi connectivity index (χ4v) is 4.95. The summed E-state index contributed by atoms with van der Waals surface area (Å²) >= 11 is 4.40. The molecule has 1 unspecified atom stereocenters. The third kappa shape index (κ3) is 7.15. The summed E-state index contributed by atoms with van der Waals surface area (Å²) in [6.07, 6.45) is 0.927. The van der Waals surface area contributed by atoms with Gasteiger partial charge in [-0.05, 0) is 30.4 Å². The number of hydrogen-bond acceptors (Lipinski definition) is 8. The van der Waals surface area contributed by atoms with Crippen molar-refractivity contribution in [3.05, 3.63) is 58.3 Å². The highest BCUT2D eigenvalue weighted by Gasteiger charge is 2.19. The lowest BCUT2D eigenvalue weighted by Gasteiger charge is -2.10. The van der Waals surface area contributed by atoms with E-state index in [-0.39, 0.29) is 5.91 Å². The van der Waals surface area contributed by atoms with E-state index < -0.39 is 11.3 Å². The minimum absolute atomic E-state index is 0.360. The van der Waals surface area contributed by atoms with Gasteiger partial charge >= 0.3 is 6.03 Å². The summed E-state index contributed by atoms with van der Waals surface area (Å²) < 4.78 is 0.677. The lowest BCUT2D eigenvalue weighted by Crippen LogP contribution is -2.42. The lowest BCUT2D eigenvalue weighted by molar-refractivity contribution is -0.119. The number of hydrogen-bond donors (Lipinski definition) is 3. The number of urea groups is 1. The molecule has 0 radical (unpaired) electrons. The van der Waals surface area contributed by atoms with Gasteiger partial charge in [-0.1, -0.05) is 59.5 Å². The monoisotopic (exact) mass is 447 g/mol. The van der Waals surface area contributed by atoms with Gasteiger partial charge in [0.1, 0.15) is 0 Å². The topological polar surface area (TPSA) is 96.0 Å². The molecule has 1 aromatic carbocycles. The summed E-state index contributed by atoms with van der Waals surface area (Å²) in [6, 6.07) is 13.1. The predicted molar refractivity (Wildman–Crippen MR) is 119 cm³/mol. The summed E-state index contributed by atoms with van der Waals surface area (Å²) in [4.78, 5) is 25.5. The largest absolute Gasteiger partial charge is 0.360 e. The number of rotatable bonds is 9. The number of aromatic nitrogens is 2. The Bertz CT molecular complexity index is 915. The zero-order chi connectivity index (χ0) is 20.5. The van der Waals surface area contributed by atoms with Gasteiger partial charge in [-0.2, -0.15) is 0 Å². The van der Waals surface area contributed by atoms with Gasteiger partial charge < -0.3 is 10.6 Å². The minimum Gasteiger partial charge on any atom is -0.360 e. The number of benzene rings is 1. The molecule has 0 bridgehead atoms. The molecule has 1 atom stereocenters. The molecule has 2 heterocycles. The van der Waals surface area contributed by atoms with Gasteiger partial charge in [0.15, 0.2) is 4.34 Å². The smallest absolute Gasteiger partial charge is 0.321 e. The molecule has 0 saturated carbocycles. The summed E-state index contributed by atoms with van der Waals surface area (Å²) in [5.41, 5.74) is 0.963. The van der Waals surface area contributed by atoms with Crippen LogP contribution in [0.15, 0.2) is 52.2 Å². The Morgan fingerprint density at radius 2 is 1.97 bits per heavy atom. The van der Waals surface area contributed by atoms with E-state index >= 15 is 0 Å². The van der Waals surface area contributed by atoms with Gasteiger partial charge in [0.25, 0.3) is 0 Å². The fraction of sp³-hybridized carbons (Fsp3) is 0.263. The highest BCUT2D eigenvalue weighted by atomic mass is 32.2. The van der Waals surface area contributed by atoms with Crippen LogP contribution in [0, 0.1) is 0 Å². The first-order chi connectivity index (χ1) is 14.1. The third-order valence-corrected chi connectivity index (χ3v) is 6.82. The Morgan fingerprint density at radius 1 is 1.14 bits per heavy atom. The number of imide groups is 1. The van der Waals surface area contributed by atoms with Crippen LogP contribution in [0.3, 0.4) is 0 Å². The normalized spacial score (nSPS) is 11.6. The molecule has 0 fully saturated rings. The molecule has 0 saturated heterocycles. The molecule has 0 spiro atoms. The highest BCUT2D eigenvalue weighted by Crippen LogP contribution is 2.28. The molecule has 0 aliphatic heterocycles. The molecule has 0 aliphatic carbocycles. The Kier molecular flexibility index (Phi) is 8.03. The highest BCUT2D eigenvalue weighted by molar-refractivity contribution is 8.02. The van der Waals surface area contributed by atoms with Gasteiger partial charge in [-0.3, -0.25) is 10.1 Å². The van der Waals surface area contributed by atoms with Crippen molar-refractivity contribution in [2.45, 2.75) is 29.5 Å². The first kappa shape index (κ1) is 21.3. The zero-order valence-electron chi connectivity index (χ0n) is 15.8. The number of nitrogens with zero attached hydrogens (tertiary/aromatic N) is 2. The van der Waals surface area contributed by atoms with E-state index in [0.717, 1.165) is 23.7 Å². The number of nitrogens with one attached hydrogen (secondary N) is 3. The minimum atomic E-state index is -0.514. The third-order valence-electron chi connectivity index (χ3n) is 3.81. The van der Waals surface area contributed by atoms with Crippen LogP contribution in [0.1, 0.15) is 17.4 Å². The summed E-state index contributed by atoms with van der Waals surface area (Å²) in [6.45, 7) is 2.87. The first-order valence-electron chi connectivity index (χ1n) is 8.99. The Labute approximate surface area is 181 Å². The number of anilines is 1. The van der Waals surface area contributed by atoms with Gasteiger partial charge in [0, 0.05) is 18.0 Å². The SMILES string of the molecule is CC(Sc1nnc(NCCc2cccs2)s1)C(=O)NC(=O)NCc1ccccc1. The Morgan fingerprint density at radius 3 is 2.72 bits per heavy atom. The summed E-state index contributed by atoms with van der Waals surface area (Å²) in [5.74, 6) is -0.372. The molecule has 2 aromatic heterocycles. The Balaban J connectivity index is 1.38. The van der Waals surface area contributed by atoms with Crippen LogP contribution < -0.4 is 16.0 Å². The summed E-state index contributed by atoms with van der Waals surface area (Å²) in [7, 11) is 0. The van der Waals surface area contributed by atoms with Crippen molar-refractivity contribution in [2.24, 2.45) is 0 Å². The number of carbonyl (C=O) groups is 2. The van der Waals surface area contributed by atoms with Gasteiger partial charge in [0.05, 0.1) is 5.25 Å². The van der Waals surface area contributed by atoms with Crippen LogP contribution >= 0.6 is 34.4 Å². The van der Waals surface area contributed by atoms with Crippen molar-refractivity contribution in [3.63, 3.8) is 0 Å². The molecule has 3 aromatic rings. The second-order valence-corrected chi connectivity index (χ2v) is 9.64. The molecule has 10 heteroatoms. The van der Waals surface area contributed by atoms with Crippen molar-refractivity contribution in [3.8, 4) is 0 Å². The molecule has 152 valence electrons. The molecular formula is C19H21N5O2S3. The molecule has 3 amide bonds. The van der Waals surface area contributed by atoms with Crippen molar-refractivity contribution in [1.82, 2.24) is 20.8 Å². The Hall–Kier alpha value is -2.43. The number of amides is 3. The molecule has 0 aliphatic rings. The molecule has 7 nitrogen and oxygen atoms in total. The lowest BCUT2D eigenvalue weighted by atomic mass is 10.2. The quantitative estimate of drug-likeness (QED) is 0.432. The van der Waals surface area contributed by atoms with Crippen molar-refractivity contribution in [1.29, 1.82) is 0 Å². The van der Waals surface area contributed by atoms with E-state index in [4.69, 9.17) is 0 Å². The van der Waals surface area contributed by atoms with Crippen molar-refractivity contribution >= 4 is 51.5 Å². The average Bonchev–Trinajstić information content (AvgIpc) is 3.39. The fourth-order valence-electron chi connectivity index (χ4n) is 2.32. The van der Waals surface area contributed by atoms with E-state index in [2.05, 4.69) is 37.6 Å².